The zero-order chi connectivity index (χ0) is 35.3. The van der Waals surface area contributed by atoms with Crippen molar-refractivity contribution >= 4 is 58.2 Å². The molecule has 0 atom stereocenters. The van der Waals surface area contributed by atoms with Gasteiger partial charge >= 0.3 is 0 Å². The summed E-state index contributed by atoms with van der Waals surface area (Å²) in [6, 6.07) is 12.7. The highest BCUT2D eigenvalue weighted by Crippen LogP contribution is 2.25. The average molecular weight is 766 g/mol. The van der Waals surface area contributed by atoms with Gasteiger partial charge in [-0.1, -0.05) is 58.5 Å². The summed E-state index contributed by atoms with van der Waals surface area (Å²) in [6.45, 7) is 10.1. The Morgan fingerprint density at radius 2 is 1.08 bits per heavy atom. The second kappa shape index (κ2) is 20.0. The quantitative estimate of drug-likeness (QED) is 0.165. The molecule has 2 saturated heterocycles. The first kappa shape index (κ1) is 38.8. The highest BCUT2D eigenvalue weighted by atomic mass is 35.5. The van der Waals surface area contributed by atoms with E-state index in [4.69, 9.17) is 55.9 Å². The van der Waals surface area contributed by atoms with Crippen molar-refractivity contribution in [2.75, 3.05) is 91.9 Å². The zero-order valence-electron chi connectivity index (χ0n) is 28.3. The van der Waals surface area contributed by atoms with E-state index in [2.05, 4.69) is 14.8 Å². The average Bonchev–Trinajstić information content (AvgIpc) is 3.14. The van der Waals surface area contributed by atoms with E-state index < -0.39 is 0 Å². The smallest absolute Gasteiger partial charge is 0.256 e. The number of benzene rings is 2. The number of amides is 2. The normalized spacial score (nSPS) is 15.6. The summed E-state index contributed by atoms with van der Waals surface area (Å²) in [5.74, 6) is -0.420. The van der Waals surface area contributed by atoms with Gasteiger partial charge in [0.05, 0.1) is 57.6 Å². The molecule has 3 heterocycles. The summed E-state index contributed by atoms with van der Waals surface area (Å²) >= 11 is 24.9. The molecule has 0 aliphatic carbocycles. The number of hydrogen-bond donors (Lipinski definition) is 0. The topological polar surface area (TPSA) is 78.5 Å². The lowest BCUT2D eigenvalue weighted by Crippen LogP contribution is -2.41. The van der Waals surface area contributed by atoms with E-state index in [1.165, 1.54) is 6.20 Å². The maximum Gasteiger partial charge on any atom is 0.256 e. The molecule has 5 rings (SSSR count). The van der Waals surface area contributed by atoms with Crippen LogP contribution in [0.2, 0.25) is 20.1 Å². The van der Waals surface area contributed by atoms with Crippen LogP contribution in [0.1, 0.15) is 44.7 Å². The minimum absolute atomic E-state index is 0.199. The lowest BCUT2D eigenvalue weighted by Gasteiger charge is -2.30. The number of nitrogens with zero attached hydrogens (tertiary/aromatic N) is 5. The maximum atomic E-state index is 14.4. The number of carbonyl (C=O) groups is 2. The van der Waals surface area contributed by atoms with Gasteiger partial charge in [0.25, 0.3) is 11.8 Å². The van der Waals surface area contributed by atoms with E-state index in [0.717, 1.165) is 89.7 Å². The lowest BCUT2D eigenvalue weighted by molar-refractivity contribution is 0.0355. The van der Waals surface area contributed by atoms with Gasteiger partial charge in [-0.05, 0) is 67.1 Å². The number of halogens is 4. The molecule has 0 radical (unpaired) electrons. The van der Waals surface area contributed by atoms with Gasteiger partial charge in [0.2, 0.25) is 0 Å². The molecule has 0 N–H and O–H groups in total. The fourth-order valence-corrected chi connectivity index (χ4v) is 6.90. The molecule has 2 aliphatic rings. The summed E-state index contributed by atoms with van der Waals surface area (Å²) in [7, 11) is 0. The predicted molar refractivity (Wildman–Crippen MR) is 200 cm³/mol. The van der Waals surface area contributed by atoms with Crippen molar-refractivity contribution in [3.05, 3.63) is 97.2 Å². The van der Waals surface area contributed by atoms with Crippen molar-refractivity contribution in [3.63, 3.8) is 0 Å². The van der Waals surface area contributed by atoms with E-state index in [1.807, 2.05) is 34.1 Å². The van der Waals surface area contributed by atoms with Gasteiger partial charge in [0, 0.05) is 77.8 Å². The number of morpholine rings is 2. The molecule has 2 aromatic carbocycles. The molecule has 9 nitrogen and oxygen atoms in total. The molecule has 0 saturated carbocycles. The van der Waals surface area contributed by atoms with Gasteiger partial charge in [-0.2, -0.15) is 0 Å². The van der Waals surface area contributed by atoms with Crippen LogP contribution >= 0.6 is 46.4 Å². The third-order valence-corrected chi connectivity index (χ3v) is 10.7. The zero-order valence-corrected chi connectivity index (χ0v) is 31.3. The Labute approximate surface area is 315 Å². The summed E-state index contributed by atoms with van der Waals surface area (Å²) < 4.78 is 11.0. The summed E-state index contributed by atoms with van der Waals surface area (Å²) in [6.07, 6.45) is 5.85. The van der Waals surface area contributed by atoms with Crippen LogP contribution in [-0.2, 0) is 22.3 Å². The van der Waals surface area contributed by atoms with Crippen molar-refractivity contribution < 1.29 is 19.1 Å². The summed E-state index contributed by atoms with van der Waals surface area (Å²) in [5.41, 5.74) is 2.59. The molecule has 3 aromatic rings. The van der Waals surface area contributed by atoms with Gasteiger partial charge in [0.1, 0.15) is 0 Å². The molecule has 0 unspecified atom stereocenters. The van der Waals surface area contributed by atoms with Crippen LogP contribution in [-0.4, -0.2) is 128 Å². The first-order chi connectivity index (χ1) is 24.3. The molecule has 2 fully saturated rings. The predicted octanol–water partition coefficient (Wildman–Crippen LogP) is 6.51. The van der Waals surface area contributed by atoms with Gasteiger partial charge < -0.3 is 19.3 Å². The molecular weight excluding hydrogens is 720 g/mol. The number of hydrogen-bond acceptors (Lipinski definition) is 7. The highest BCUT2D eigenvalue weighted by molar-refractivity contribution is 6.42. The Morgan fingerprint density at radius 3 is 1.54 bits per heavy atom. The van der Waals surface area contributed by atoms with Gasteiger partial charge in [-0.3, -0.25) is 24.4 Å². The molecule has 1 aromatic heterocycles. The molecule has 0 spiro atoms. The Bertz CT molecular complexity index is 1450. The minimum atomic E-state index is -0.221. The monoisotopic (exact) mass is 763 g/mol. The maximum absolute atomic E-state index is 14.4. The number of aromatic nitrogens is 1. The number of pyridine rings is 1. The minimum Gasteiger partial charge on any atom is -0.379 e. The van der Waals surface area contributed by atoms with E-state index in [-0.39, 0.29) is 11.8 Å². The van der Waals surface area contributed by atoms with Crippen molar-refractivity contribution in [2.24, 2.45) is 0 Å². The number of carbonyl (C=O) groups excluding carboxylic acids is 2. The number of rotatable bonds is 16. The van der Waals surface area contributed by atoms with Gasteiger partial charge in [-0.25, -0.2) is 0 Å². The first-order valence-corrected chi connectivity index (χ1v) is 18.8. The lowest BCUT2D eigenvalue weighted by atomic mass is 10.1. The van der Waals surface area contributed by atoms with Crippen molar-refractivity contribution in [1.29, 1.82) is 0 Å². The third kappa shape index (κ3) is 11.5. The molecule has 2 aliphatic heterocycles. The van der Waals surface area contributed by atoms with Crippen LogP contribution in [0.4, 0.5) is 0 Å². The molecular formula is C37H45Cl4N5O4. The van der Waals surface area contributed by atoms with Gasteiger partial charge in [0.15, 0.2) is 0 Å². The fraction of sp³-hybridized carbons (Fsp3) is 0.486. The molecule has 13 heteroatoms. The molecule has 2 amide bonds. The van der Waals surface area contributed by atoms with Crippen LogP contribution in [0, 0.1) is 0 Å². The van der Waals surface area contributed by atoms with Crippen molar-refractivity contribution in [1.82, 2.24) is 24.6 Å². The van der Waals surface area contributed by atoms with Crippen LogP contribution in [0.5, 0.6) is 0 Å². The van der Waals surface area contributed by atoms with Crippen molar-refractivity contribution in [3.8, 4) is 0 Å². The van der Waals surface area contributed by atoms with Crippen LogP contribution < -0.4 is 0 Å². The Kier molecular flexibility index (Phi) is 15.5. The summed E-state index contributed by atoms with van der Waals surface area (Å²) in [4.78, 5) is 41.4. The van der Waals surface area contributed by atoms with Crippen molar-refractivity contribution in [2.45, 2.75) is 25.7 Å². The second-order valence-electron chi connectivity index (χ2n) is 12.6. The summed E-state index contributed by atoms with van der Waals surface area (Å²) in [5, 5.41) is 1.93. The second-order valence-corrected chi connectivity index (χ2v) is 14.2. The standard InChI is InChI=1S/C37H45Cl4N5O4/c38-32-5-3-28(25-34(32)40)8-15-45(13-1-11-43-17-21-49-22-18-43)36(47)30-7-10-42-27-31(30)37(48)46(14-2-12-44-19-23-50-24-20-44)16-9-29-4-6-33(39)35(41)26-29/h3-7,10,25-27H,1-2,8-9,11-24H2. The van der Waals surface area contributed by atoms with Gasteiger partial charge in [-0.15, -0.1) is 0 Å². The Hall–Kier alpha value is -2.47. The first-order valence-electron chi connectivity index (χ1n) is 17.3. The molecule has 0 bridgehead atoms. The fourth-order valence-electron chi connectivity index (χ4n) is 6.26. The third-order valence-electron chi connectivity index (χ3n) is 9.18. The Balaban J connectivity index is 1.33. The Morgan fingerprint density at radius 1 is 0.620 bits per heavy atom. The van der Waals surface area contributed by atoms with E-state index >= 15 is 0 Å². The van der Waals surface area contributed by atoms with E-state index in [0.29, 0.717) is 70.2 Å². The number of ether oxygens (including phenoxy) is 2. The van der Waals surface area contributed by atoms with Crippen LogP contribution in [0.15, 0.2) is 54.9 Å². The van der Waals surface area contributed by atoms with Crippen LogP contribution in [0.25, 0.3) is 0 Å². The largest absolute Gasteiger partial charge is 0.379 e. The van der Waals surface area contributed by atoms with Crippen LogP contribution in [0.3, 0.4) is 0 Å². The SMILES string of the molecule is O=C(c1ccncc1C(=O)N(CCCN1CCOCC1)CCc1ccc(Cl)c(Cl)c1)N(CCCN1CCOCC1)CCc1ccc(Cl)c(Cl)c1. The highest BCUT2D eigenvalue weighted by Gasteiger charge is 2.26. The van der Waals surface area contributed by atoms with E-state index in [1.54, 1.807) is 24.4 Å². The molecule has 50 heavy (non-hydrogen) atoms. The molecule has 270 valence electrons. The van der Waals surface area contributed by atoms with E-state index in [9.17, 15) is 9.59 Å².